The van der Waals surface area contributed by atoms with Crippen molar-refractivity contribution in [2.75, 3.05) is 0 Å². The van der Waals surface area contributed by atoms with Crippen molar-refractivity contribution in [2.45, 2.75) is 6.92 Å². The summed E-state index contributed by atoms with van der Waals surface area (Å²) in [4.78, 5) is 0. The van der Waals surface area contributed by atoms with Crippen molar-refractivity contribution in [3.63, 3.8) is 0 Å². The number of hydrogen-bond acceptors (Lipinski definition) is 1. The molecule has 0 amide bonds. The van der Waals surface area contributed by atoms with Gasteiger partial charge in [-0.3, -0.25) is 0 Å². The molecule has 0 spiro atoms. The van der Waals surface area contributed by atoms with E-state index in [-0.39, 0.29) is 17.1 Å². The number of hydrogen-bond donors (Lipinski definition) is 1. The topological polar surface area (TPSA) is 20.2 Å². The molecule has 0 aliphatic carbocycles. The van der Waals surface area contributed by atoms with E-state index in [1.807, 2.05) is 0 Å². The molecule has 0 fully saturated rings. The molecule has 0 atom stereocenters. The molecule has 0 aromatic carbocycles. The minimum atomic E-state index is 0. The quantitative estimate of drug-likeness (QED) is 0.355. The van der Waals surface area contributed by atoms with Crippen molar-refractivity contribution < 1.29 is 22.2 Å². The van der Waals surface area contributed by atoms with Gasteiger partial charge in [-0.05, 0) is 0 Å². The zero-order valence-corrected chi connectivity index (χ0v) is 3.27. The van der Waals surface area contributed by atoms with Crippen LogP contribution in [0.4, 0.5) is 0 Å². The summed E-state index contributed by atoms with van der Waals surface area (Å²) in [5, 5.41) is 7.44. The Morgan fingerprint density at radius 3 is 1.75 bits per heavy atom. The monoisotopic (exact) mass is 108 g/mol. The molecule has 0 heterocycles. The third kappa shape index (κ3) is 23.6. The SMILES string of the molecule is C[CH-]O.[Cu+]. The second-order valence-corrected chi connectivity index (χ2v) is 0.258. The molecule has 0 rings (SSSR count). The number of aliphatic hydroxyl groups is 1. The maximum absolute atomic E-state index is 7.44. The summed E-state index contributed by atoms with van der Waals surface area (Å²) in [6, 6.07) is 0. The number of aliphatic hydroxyl groups excluding tert-OH is 1. The zero-order chi connectivity index (χ0) is 2.71. The molecule has 30 valence electrons. The summed E-state index contributed by atoms with van der Waals surface area (Å²) in [7, 11) is 0. The Kier molecular flexibility index (Phi) is 21.6. The number of rotatable bonds is 0. The molecule has 0 bridgehead atoms. The summed E-state index contributed by atoms with van der Waals surface area (Å²) >= 11 is 0. The van der Waals surface area contributed by atoms with Crippen molar-refractivity contribution in [2.24, 2.45) is 0 Å². The first-order valence-corrected chi connectivity index (χ1v) is 0.836. The third-order valence-corrected chi connectivity index (χ3v) is 0. The van der Waals surface area contributed by atoms with Gasteiger partial charge in [0.05, 0.1) is 0 Å². The Labute approximate surface area is 36.5 Å². The second kappa shape index (κ2) is 9.77. The van der Waals surface area contributed by atoms with Crippen LogP contribution in [0.25, 0.3) is 0 Å². The molecule has 0 saturated carbocycles. The molecular formula is C2H5CuO. The van der Waals surface area contributed by atoms with Crippen molar-refractivity contribution in [1.29, 1.82) is 0 Å². The standard InChI is InChI=1S/C2H5O.Cu/c1-2-3;/h2-3H,1H3;/q-1;+1. The average Bonchev–Trinajstić information content (AvgIpc) is 0.918. The van der Waals surface area contributed by atoms with Gasteiger partial charge in [0, 0.05) is 0 Å². The Bertz CT molecular complexity index is 6.00. The molecule has 0 aliphatic heterocycles. The predicted octanol–water partition coefficient (Wildman–Crippen LogP) is 0.538. The molecule has 1 nitrogen and oxygen atoms in total. The van der Waals surface area contributed by atoms with E-state index in [2.05, 4.69) is 0 Å². The summed E-state index contributed by atoms with van der Waals surface area (Å²) < 4.78 is 0. The molecule has 0 aliphatic rings. The third-order valence-electron chi connectivity index (χ3n) is 0. The van der Waals surface area contributed by atoms with E-state index in [1.54, 1.807) is 6.92 Å². The molecule has 0 unspecified atom stereocenters. The van der Waals surface area contributed by atoms with Gasteiger partial charge in [-0.15, -0.1) is 0 Å². The van der Waals surface area contributed by atoms with Crippen molar-refractivity contribution >= 4 is 0 Å². The normalized spacial score (nSPS) is 4.50. The first-order valence-electron chi connectivity index (χ1n) is 0.836. The van der Waals surface area contributed by atoms with Crippen LogP contribution in [0.1, 0.15) is 6.92 Å². The maximum atomic E-state index is 7.44. The van der Waals surface area contributed by atoms with Crippen LogP contribution in [0, 0.1) is 6.61 Å². The molecule has 0 aromatic heterocycles. The van der Waals surface area contributed by atoms with Gasteiger partial charge in [-0.25, -0.2) is 6.61 Å². The molecule has 0 saturated heterocycles. The van der Waals surface area contributed by atoms with Crippen LogP contribution in [0.2, 0.25) is 0 Å². The Balaban J connectivity index is 0. The van der Waals surface area contributed by atoms with Crippen LogP contribution in [0.3, 0.4) is 0 Å². The molecule has 4 heavy (non-hydrogen) atoms. The first-order chi connectivity index (χ1) is 1.41. The van der Waals surface area contributed by atoms with Gasteiger partial charge in [-0.1, -0.05) is 0 Å². The van der Waals surface area contributed by atoms with Gasteiger partial charge < -0.3 is 5.11 Å². The van der Waals surface area contributed by atoms with Crippen molar-refractivity contribution in [3.8, 4) is 0 Å². The van der Waals surface area contributed by atoms with Gasteiger partial charge >= 0.3 is 17.1 Å². The van der Waals surface area contributed by atoms with Gasteiger partial charge in [0.25, 0.3) is 0 Å². The summed E-state index contributed by atoms with van der Waals surface area (Å²) in [5.74, 6) is 0. The minimum Gasteiger partial charge on any atom is -0.566 e. The van der Waals surface area contributed by atoms with E-state index in [1.165, 1.54) is 0 Å². The Morgan fingerprint density at radius 1 is 1.75 bits per heavy atom. The van der Waals surface area contributed by atoms with E-state index in [0.29, 0.717) is 0 Å². The minimum absolute atomic E-state index is 0. The van der Waals surface area contributed by atoms with E-state index in [4.69, 9.17) is 5.11 Å². The van der Waals surface area contributed by atoms with E-state index in [9.17, 15) is 0 Å². The second-order valence-electron chi connectivity index (χ2n) is 0.258. The Morgan fingerprint density at radius 2 is 1.75 bits per heavy atom. The van der Waals surface area contributed by atoms with Crippen LogP contribution in [0.15, 0.2) is 0 Å². The van der Waals surface area contributed by atoms with Crippen LogP contribution in [-0.2, 0) is 17.1 Å². The molecule has 0 aromatic rings. The fraction of sp³-hybridized carbons (Fsp3) is 0.500. The molecular weight excluding hydrogens is 104 g/mol. The van der Waals surface area contributed by atoms with Gasteiger partial charge in [-0.2, -0.15) is 6.92 Å². The van der Waals surface area contributed by atoms with Crippen LogP contribution in [0.5, 0.6) is 0 Å². The molecule has 2 heteroatoms. The fourth-order valence-electron chi connectivity index (χ4n) is 0. The summed E-state index contributed by atoms with van der Waals surface area (Å²) in [6.07, 6.45) is 0. The van der Waals surface area contributed by atoms with Gasteiger partial charge in [0.1, 0.15) is 0 Å². The van der Waals surface area contributed by atoms with Crippen LogP contribution < -0.4 is 0 Å². The van der Waals surface area contributed by atoms with Crippen LogP contribution in [-0.4, -0.2) is 5.11 Å². The largest absolute Gasteiger partial charge is 1.00 e. The summed E-state index contributed by atoms with van der Waals surface area (Å²) in [5.41, 5.74) is 0. The average molecular weight is 109 g/mol. The fourth-order valence-corrected chi connectivity index (χ4v) is 0. The smallest absolute Gasteiger partial charge is 0.566 e. The van der Waals surface area contributed by atoms with E-state index >= 15 is 0 Å². The first kappa shape index (κ1) is 8.82. The molecule has 1 N–H and O–H groups in total. The molecule has 0 radical (unpaired) electrons. The maximum Gasteiger partial charge on any atom is 1.00 e. The van der Waals surface area contributed by atoms with Crippen LogP contribution >= 0.6 is 0 Å². The predicted molar refractivity (Wildman–Crippen MR) is 11.9 cm³/mol. The van der Waals surface area contributed by atoms with E-state index < -0.39 is 0 Å². The van der Waals surface area contributed by atoms with Crippen molar-refractivity contribution in [3.05, 3.63) is 6.61 Å². The summed E-state index contributed by atoms with van der Waals surface area (Å²) in [6.45, 7) is 2.56. The van der Waals surface area contributed by atoms with E-state index in [0.717, 1.165) is 6.61 Å². The zero-order valence-electron chi connectivity index (χ0n) is 2.33. The van der Waals surface area contributed by atoms with Crippen molar-refractivity contribution in [1.82, 2.24) is 0 Å². The Hall–Kier alpha value is 0.479. The van der Waals surface area contributed by atoms with Gasteiger partial charge in [0.15, 0.2) is 0 Å². The van der Waals surface area contributed by atoms with Gasteiger partial charge in [0.2, 0.25) is 0 Å².